The lowest BCUT2D eigenvalue weighted by Gasteiger charge is -2.14. The van der Waals surface area contributed by atoms with Gasteiger partial charge in [-0.1, -0.05) is 30.3 Å². The second kappa shape index (κ2) is 7.04. The Morgan fingerprint density at radius 2 is 2.06 bits per heavy atom. The molecule has 17 heavy (non-hydrogen) atoms. The van der Waals surface area contributed by atoms with E-state index in [1.165, 1.54) is 0 Å². The van der Waals surface area contributed by atoms with Gasteiger partial charge >= 0.3 is 0 Å². The van der Waals surface area contributed by atoms with Crippen molar-refractivity contribution < 1.29 is 9.53 Å². The van der Waals surface area contributed by atoms with Gasteiger partial charge < -0.3 is 15.8 Å². The van der Waals surface area contributed by atoms with Crippen LogP contribution in [0.15, 0.2) is 30.3 Å². The molecule has 0 heterocycles. The van der Waals surface area contributed by atoms with E-state index in [2.05, 4.69) is 5.32 Å². The average Bonchev–Trinajstić information content (AvgIpc) is 2.36. The summed E-state index contributed by atoms with van der Waals surface area (Å²) in [6, 6.07) is 9.23. The number of methoxy groups -OCH3 is 1. The van der Waals surface area contributed by atoms with Crippen LogP contribution in [0.3, 0.4) is 0 Å². The second-order valence-corrected chi connectivity index (χ2v) is 4.09. The molecule has 0 radical (unpaired) electrons. The summed E-state index contributed by atoms with van der Waals surface area (Å²) >= 11 is 0. The monoisotopic (exact) mass is 236 g/mol. The Morgan fingerprint density at radius 3 is 2.65 bits per heavy atom. The third-order valence-electron chi connectivity index (χ3n) is 2.60. The molecule has 2 atom stereocenters. The van der Waals surface area contributed by atoms with Crippen LogP contribution in [0.2, 0.25) is 0 Å². The fourth-order valence-electron chi connectivity index (χ4n) is 1.42. The van der Waals surface area contributed by atoms with E-state index >= 15 is 0 Å². The first kappa shape index (κ1) is 13.7. The first-order valence-corrected chi connectivity index (χ1v) is 5.73. The van der Waals surface area contributed by atoms with Crippen LogP contribution in [0.1, 0.15) is 12.5 Å². The van der Waals surface area contributed by atoms with Crippen molar-refractivity contribution in [3.8, 4) is 0 Å². The van der Waals surface area contributed by atoms with Crippen molar-refractivity contribution >= 4 is 5.91 Å². The summed E-state index contributed by atoms with van der Waals surface area (Å²) in [6.45, 7) is 2.38. The molecule has 4 nitrogen and oxygen atoms in total. The molecule has 0 aliphatic carbocycles. The van der Waals surface area contributed by atoms with Crippen LogP contribution in [0.4, 0.5) is 0 Å². The Labute approximate surface area is 102 Å². The summed E-state index contributed by atoms with van der Waals surface area (Å²) in [4.78, 5) is 11.7. The normalized spacial score (nSPS) is 14.1. The molecule has 0 aliphatic rings. The molecule has 3 N–H and O–H groups in total. The van der Waals surface area contributed by atoms with Crippen molar-refractivity contribution in [3.63, 3.8) is 0 Å². The van der Waals surface area contributed by atoms with Crippen molar-refractivity contribution in [3.05, 3.63) is 35.9 Å². The SMILES string of the molecule is COC(C)CNC(=O)C(N)Cc1ccccc1. The van der Waals surface area contributed by atoms with Gasteiger partial charge in [-0.25, -0.2) is 0 Å². The number of rotatable bonds is 6. The molecule has 0 bridgehead atoms. The maximum Gasteiger partial charge on any atom is 0.237 e. The minimum absolute atomic E-state index is 0.00266. The minimum Gasteiger partial charge on any atom is -0.380 e. The van der Waals surface area contributed by atoms with Crippen LogP contribution in [0, 0.1) is 0 Å². The average molecular weight is 236 g/mol. The largest absolute Gasteiger partial charge is 0.380 e. The zero-order valence-corrected chi connectivity index (χ0v) is 10.3. The smallest absolute Gasteiger partial charge is 0.237 e. The Bertz CT molecular complexity index is 341. The molecule has 1 rings (SSSR count). The molecule has 0 aromatic heterocycles. The molecule has 0 aliphatic heterocycles. The van der Waals surface area contributed by atoms with E-state index in [0.29, 0.717) is 13.0 Å². The van der Waals surface area contributed by atoms with Crippen molar-refractivity contribution in [2.24, 2.45) is 5.73 Å². The van der Waals surface area contributed by atoms with Gasteiger partial charge in [0.15, 0.2) is 0 Å². The lowest BCUT2D eigenvalue weighted by Crippen LogP contribution is -2.44. The van der Waals surface area contributed by atoms with E-state index in [4.69, 9.17) is 10.5 Å². The lowest BCUT2D eigenvalue weighted by atomic mass is 10.1. The highest BCUT2D eigenvalue weighted by Crippen LogP contribution is 2.01. The predicted molar refractivity (Wildman–Crippen MR) is 67.6 cm³/mol. The van der Waals surface area contributed by atoms with Crippen LogP contribution >= 0.6 is 0 Å². The summed E-state index contributed by atoms with van der Waals surface area (Å²) in [5, 5.41) is 2.76. The summed E-state index contributed by atoms with van der Waals surface area (Å²) < 4.78 is 5.04. The Balaban J connectivity index is 2.37. The number of hydrogen-bond acceptors (Lipinski definition) is 3. The summed E-state index contributed by atoms with van der Waals surface area (Å²) in [6.07, 6.45) is 0.552. The highest BCUT2D eigenvalue weighted by atomic mass is 16.5. The number of nitrogens with two attached hydrogens (primary N) is 1. The van der Waals surface area contributed by atoms with Gasteiger partial charge in [0.05, 0.1) is 12.1 Å². The highest BCUT2D eigenvalue weighted by molar-refractivity contribution is 5.81. The quantitative estimate of drug-likeness (QED) is 0.764. The van der Waals surface area contributed by atoms with Crippen molar-refractivity contribution in [2.75, 3.05) is 13.7 Å². The number of carbonyl (C=O) groups excluding carboxylic acids is 1. The van der Waals surface area contributed by atoms with Gasteiger partial charge in [0.2, 0.25) is 5.91 Å². The highest BCUT2D eigenvalue weighted by Gasteiger charge is 2.14. The Kier molecular flexibility index (Phi) is 5.66. The number of ether oxygens (including phenoxy) is 1. The van der Waals surface area contributed by atoms with E-state index in [-0.39, 0.29) is 12.0 Å². The topological polar surface area (TPSA) is 64.3 Å². The molecule has 0 spiro atoms. The maximum absolute atomic E-state index is 11.7. The van der Waals surface area contributed by atoms with Crippen LogP contribution in [0.5, 0.6) is 0 Å². The number of benzene rings is 1. The van der Waals surface area contributed by atoms with Crippen LogP contribution < -0.4 is 11.1 Å². The fraction of sp³-hybridized carbons (Fsp3) is 0.462. The number of nitrogens with one attached hydrogen (secondary N) is 1. The molecule has 1 aromatic carbocycles. The van der Waals surface area contributed by atoms with Gasteiger partial charge in [0.1, 0.15) is 0 Å². The molecule has 1 aromatic rings. The summed E-state index contributed by atoms with van der Waals surface area (Å²) in [5.41, 5.74) is 6.89. The van der Waals surface area contributed by atoms with Gasteiger partial charge in [-0.15, -0.1) is 0 Å². The zero-order valence-electron chi connectivity index (χ0n) is 10.3. The lowest BCUT2D eigenvalue weighted by molar-refractivity contribution is -0.122. The van der Waals surface area contributed by atoms with E-state index in [9.17, 15) is 4.79 Å². The van der Waals surface area contributed by atoms with Crippen molar-refractivity contribution in [1.29, 1.82) is 0 Å². The van der Waals surface area contributed by atoms with E-state index in [0.717, 1.165) is 5.56 Å². The fourth-order valence-corrected chi connectivity index (χ4v) is 1.42. The van der Waals surface area contributed by atoms with Gasteiger partial charge in [0.25, 0.3) is 0 Å². The van der Waals surface area contributed by atoms with Gasteiger partial charge in [-0.05, 0) is 18.9 Å². The molecule has 94 valence electrons. The third kappa shape index (κ3) is 4.97. The zero-order chi connectivity index (χ0) is 12.7. The van der Waals surface area contributed by atoms with E-state index < -0.39 is 6.04 Å². The molecule has 0 saturated carbocycles. The van der Waals surface area contributed by atoms with Crippen LogP contribution in [0.25, 0.3) is 0 Å². The second-order valence-electron chi connectivity index (χ2n) is 4.09. The van der Waals surface area contributed by atoms with Crippen LogP contribution in [-0.4, -0.2) is 31.7 Å². The van der Waals surface area contributed by atoms with Crippen LogP contribution in [-0.2, 0) is 16.0 Å². The maximum atomic E-state index is 11.7. The Hall–Kier alpha value is -1.39. The number of carbonyl (C=O) groups is 1. The molecule has 0 saturated heterocycles. The Morgan fingerprint density at radius 1 is 1.41 bits per heavy atom. The first-order chi connectivity index (χ1) is 8.13. The standard InChI is InChI=1S/C13H20N2O2/c1-10(17-2)9-15-13(16)12(14)8-11-6-4-3-5-7-11/h3-7,10,12H,8-9,14H2,1-2H3,(H,15,16). The number of hydrogen-bond donors (Lipinski definition) is 2. The summed E-state index contributed by atoms with van der Waals surface area (Å²) in [7, 11) is 1.61. The first-order valence-electron chi connectivity index (χ1n) is 5.73. The van der Waals surface area contributed by atoms with Crippen molar-refractivity contribution in [1.82, 2.24) is 5.32 Å². The van der Waals surface area contributed by atoms with E-state index in [1.807, 2.05) is 37.3 Å². The minimum atomic E-state index is -0.513. The summed E-state index contributed by atoms with van der Waals surface area (Å²) in [5.74, 6) is -0.141. The number of amides is 1. The molecule has 2 unspecified atom stereocenters. The third-order valence-corrected chi connectivity index (χ3v) is 2.60. The van der Waals surface area contributed by atoms with Crippen molar-refractivity contribution in [2.45, 2.75) is 25.5 Å². The molecular formula is C13H20N2O2. The molecule has 0 fully saturated rings. The van der Waals surface area contributed by atoms with Gasteiger partial charge in [-0.2, -0.15) is 0 Å². The van der Waals surface area contributed by atoms with E-state index in [1.54, 1.807) is 7.11 Å². The van der Waals surface area contributed by atoms with Gasteiger partial charge in [-0.3, -0.25) is 4.79 Å². The molecule has 1 amide bonds. The molecular weight excluding hydrogens is 216 g/mol. The predicted octanol–water partition coefficient (Wildman–Crippen LogP) is 0.708. The molecule has 4 heteroatoms. The van der Waals surface area contributed by atoms with Gasteiger partial charge in [0, 0.05) is 13.7 Å².